The molecule has 0 aliphatic heterocycles. The maximum absolute atomic E-state index is 4.41. The molecule has 5 nitrogen and oxygen atoms in total. The fourth-order valence-electron chi connectivity index (χ4n) is 1.60. The molecule has 0 unspecified atom stereocenters. The number of nitrogens with zero attached hydrogens (tertiary/aromatic N) is 3. The van der Waals surface area contributed by atoms with E-state index < -0.39 is 0 Å². The minimum atomic E-state index is 0.621. The van der Waals surface area contributed by atoms with Crippen LogP contribution < -0.4 is 10.6 Å². The molecule has 100 valence electrons. The quantitative estimate of drug-likeness (QED) is 0.886. The molecule has 2 heterocycles. The van der Waals surface area contributed by atoms with Crippen LogP contribution in [-0.4, -0.2) is 21.5 Å². The highest BCUT2D eigenvalue weighted by atomic mass is 79.9. The van der Waals surface area contributed by atoms with Crippen molar-refractivity contribution >= 4 is 27.7 Å². The lowest BCUT2D eigenvalue weighted by molar-refractivity contribution is 1.03. The van der Waals surface area contributed by atoms with Gasteiger partial charge in [0.1, 0.15) is 5.82 Å². The maximum atomic E-state index is 4.41. The number of pyridine rings is 1. The van der Waals surface area contributed by atoms with E-state index in [0.29, 0.717) is 12.5 Å². The van der Waals surface area contributed by atoms with E-state index in [9.17, 15) is 0 Å². The van der Waals surface area contributed by atoms with Gasteiger partial charge in [-0.1, -0.05) is 0 Å². The van der Waals surface area contributed by atoms with E-state index in [-0.39, 0.29) is 0 Å². The molecule has 2 N–H and O–H groups in total. The topological polar surface area (TPSA) is 62.7 Å². The summed E-state index contributed by atoms with van der Waals surface area (Å²) in [6, 6.07) is 2.00. The first-order valence-corrected chi connectivity index (χ1v) is 6.89. The molecule has 2 rings (SSSR count). The predicted octanol–water partition coefficient (Wildman–Crippen LogP) is 2.99. The summed E-state index contributed by atoms with van der Waals surface area (Å²) in [4.78, 5) is 12.7. The number of rotatable bonds is 5. The molecule has 0 amide bonds. The van der Waals surface area contributed by atoms with Crippen molar-refractivity contribution in [3.05, 3.63) is 40.3 Å². The average molecular weight is 322 g/mol. The zero-order valence-corrected chi connectivity index (χ0v) is 12.5. The minimum absolute atomic E-state index is 0.621. The van der Waals surface area contributed by atoms with E-state index in [1.165, 1.54) is 5.56 Å². The summed E-state index contributed by atoms with van der Waals surface area (Å²) in [6.45, 7) is 5.55. The van der Waals surface area contributed by atoms with Crippen LogP contribution in [0.4, 0.5) is 11.8 Å². The van der Waals surface area contributed by atoms with Gasteiger partial charge in [0, 0.05) is 31.7 Å². The Morgan fingerprint density at radius 1 is 1.26 bits per heavy atom. The van der Waals surface area contributed by atoms with E-state index in [4.69, 9.17) is 0 Å². The second kappa shape index (κ2) is 6.47. The summed E-state index contributed by atoms with van der Waals surface area (Å²) < 4.78 is 0.843. The normalized spacial score (nSPS) is 10.3. The van der Waals surface area contributed by atoms with Crippen molar-refractivity contribution in [1.82, 2.24) is 15.0 Å². The Morgan fingerprint density at radius 2 is 2.11 bits per heavy atom. The van der Waals surface area contributed by atoms with Crippen molar-refractivity contribution in [2.45, 2.75) is 20.4 Å². The van der Waals surface area contributed by atoms with Crippen LogP contribution in [0, 0.1) is 6.92 Å². The van der Waals surface area contributed by atoms with Gasteiger partial charge < -0.3 is 10.6 Å². The number of aromatic nitrogens is 3. The Balaban J connectivity index is 2.10. The highest BCUT2D eigenvalue weighted by Gasteiger charge is 2.05. The molecular formula is C13H16BrN5. The Hall–Kier alpha value is -1.69. The molecular weight excluding hydrogens is 306 g/mol. The SMILES string of the molecule is CCNc1ncc(Br)c(NCc2cnccc2C)n1. The smallest absolute Gasteiger partial charge is 0.224 e. The van der Waals surface area contributed by atoms with Gasteiger partial charge in [-0.25, -0.2) is 4.98 Å². The zero-order valence-electron chi connectivity index (χ0n) is 10.9. The monoisotopic (exact) mass is 321 g/mol. The third-order valence-electron chi connectivity index (χ3n) is 2.67. The fraction of sp³-hybridized carbons (Fsp3) is 0.308. The summed E-state index contributed by atoms with van der Waals surface area (Å²) in [5.74, 6) is 1.39. The summed E-state index contributed by atoms with van der Waals surface area (Å²) in [5, 5.41) is 6.38. The molecule has 0 aliphatic carbocycles. The van der Waals surface area contributed by atoms with Gasteiger partial charge in [0.05, 0.1) is 4.47 Å². The second-order valence-electron chi connectivity index (χ2n) is 4.08. The van der Waals surface area contributed by atoms with E-state index in [2.05, 4.69) is 48.4 Å². The predicted molar refractivity (Wildman–Crippen MR) is 80.2 cm³/mol. The number of halogens is 1. The van der Waals surface area contributed by atoms with Crippen LogP contribution in [-0.2, 0) is 6.54 Å². The lowest BCUT2D eigenvalue weighted by Crippen LogP contribution is -2.07. The first kappa shape index (κ1) is 13.7. The third kappa shape index (κ3) is 3.64. The fourth-order valence-corrected chi connectivity index (χ4v) is 1.93. The van der Waals surface area contributed by atoms with Gasteiger partial charge in [0.2, 0.25) is 5.95 Å². The lowest BCUT2D eigenvalue weighted by Gasteiger charge is -2.10. The summed E-state index contributed by atoms with van der Waals surface area (Å²) in [6.07, 6.45) is 5.40. The van der Waals surface area contributed by atoms with E-state index >= 15 is 0 Å². The molecule has 6 heteroatoms. The molecule has 2 aromatic rings. The Kier molecular flexibility index (Phi) is 4.68. The summed E-state index contributed by atoms with van der Waals surface area (Å²) in [5.41, 5.74) is 2.36. The van der Waals surface area contributed by atoms with Gasteiger partial charge in [-0.05, 0) is 47.0 Å². The van der Waals surface area contributed by atoms with Crippen LogP contribution in [0.3, 0.4) is 0 Å². The van der Waals surface area contributed by atoms with Crippen LogP contribution in [0.5, 0.6) is 0 Å². The Bertz CT molecular complexity index is 558. The number of hydrogen-bond donors (Lipinski definition) is 2. The van der Waals surface area contributed by atoms with E-state index in [0.717, 1.165) is 22.4 Å². The van der Waals surface area contributed by atoms with E-state index in [1.54, 1.807) is 12.4 Å². The van der Waals surface area contributed by atoms with Crippen LogP contribution in [0.2, 0.25) is 0 Å². The number of nitrogens with one attached hydrogen (secondary N) is 2. The molecule has 0 saturated carbocycles. The molecule has 19 heavy (non-hydrogen) atoms. The van der Waals surface area contributed by atoms with Crippen molar-refractivity contribution in [3.63, 3.8) is 0 Å². The van der Waals surface area contributed by atoms with Gasteiger partial charge in [0.25, 0.3) is 0 Å². The van der Waals surface area contributed by atoms with Crippen molar-refractivity contribution in [2.75, 3.05) is 17.2 Å². The largest absolute Gasteiger partial charge is 0.365 e. The van der Waals surface area contributed by atoms with Crippen molar-refractivity contribution in [3.8, 4) is 0 Å². The molecule has 2 aromatic heterocycles. The molecule has 0 spiro atoms. The summed E-state index contributed by atoms with van der Waals surface area (Å²) in [7, 11) is 0. The van der Waals surface area contributed by atoms with Gasteiger partial charge in [-0.3, -0.25) is 4.98 Å². The molecule has 0 saturated heterocycles. The first-order chi connectivity index (χ1) is 9.20. The Labute approximate surface area is 121 Å². The number of hydrogen-bond acceptors (Lipinski definition) is 5. The standard InChI is InChI=1S/C13H16BrN5/c1-3-16-13-18-8-11(14)12(19-13)17-7-10-6-15-5-4-9(10)2/h4-6,8H,3,7H2,1-2H3,(H2,16,17,18,19). The molecule has 0 bridgehead atoms. The molecule has 0 atom stereocenters. The molecule has 0 fully saturated rings. The lowest BCUT2D eigenvalue weighted by atomic mass is 10.1. The highest BCUT2D eigenvalue weighted by Crippen LogP contribution is 2.21. The third-order valence-corrected chi connectivity index (χ3v) is 3.25. The van der Waals surface area contributed by atoms with Crippen molar-refractivity contribution in [1.29, 1.82) is 0 Å². The summed E-state index contributed by atoms with van der Waals surface area (Å²) >= 11 is 3.44. The first-order valence-electron chi connectivity index (χ1n) is 6.10. The van der Waals surface area contributed by atoms with Crippen LogP contribution >= 0.6 is 15.9 Å². The Morgan fingerprint density at radius 3 is 2.84 bits per heavy atom. The van der Waals surface area contributed by atoms with Crippen LogP contribution in [0.1, 0.15) is 18.1 Å². The van der Waals surface area contributed by atoms with Gasteiger partial charge in [-0.15, -0.1) is 0 Å². The number of anilines is 2. The second-order valence-corrected chi connectivity index (χ2v) is 4.93. The average Bonchev–Trinajstić information content (AvgIpc) is 2.41. The van der Waals surface area contributed by atoms with Gasteiger partial charge >= 0.3 is 0 Å². The minimum Gasteiger partial charge on any atom is -0.365 e. The van der Waals surface area contributed by atoms with E-state index in [1.807, 2.05) is 19.2 Å². The van der Waals surface area contributed by atoms with Gasteiger partial charge in [-0.2, -0.15) is 4.98 Å². The van der Waals surface area contributed by atoms with Crippen molar-refractivity contribution in [2.24, 2.45) is 0 Å². The highest BCUT2D eigenvalue weighted by molar-refractivity contribution is 9.10. The van der Waals surface area contributed by atoms with Gasteiger partial charge in [0.15, 0.2) is 0 Å². The number of aryl methyl sites for hydroxylation is 1. The van der Waals surface area contributed by atoms with Crippen LogP contribution in [0.25, 0.3) is 0 Å². The molecule has 0 radical (unpaired) electrons. The van der Waals surface area contributed by atoms with Crippen LogP contribution in [0.15, 0.2) is 29.1 Å². The molecule has 0 aromatic carbocycles. The maximum Gasteiger partial charge on any atom is 0.224 e. The molecule has 0 aliphatic rings. The van der Waals surface area contributed by atoms with Crippen molar-refractivity contribution < 1.29 is 0 Å². The zero-order chi connectivity index (χ0) is 13.7.